The first-order valence-electron chi connectivity index (χ1n) is 4.22. The van der Waals surface area contributed by atoms with Gasteiger partial charge in [0.15, 0.2) is 5.96 Å². The molecular formula is C9H13ClIN5. The third-order valence-corrected chi connectivity index (χ3v) is 2.67. The van der Waals surface area contributed by atoms with E-state index in [1.807, 2.05) is 24.3 Å². The van der Waals surface area contributed by atoms with Crippen molar-refractivity contribution < 1.29 is 0 Å². The molecule has 5 nitrogen and oxygen atoms in total. The Morgan fingerprint density at radius 2 is 1.81 bits per heavy atom. The Labute approximate surface area is 114 Å². The summed E-state index contributed by atoms with van der Waals surface area (Å²) in [7, 11) is 0. The molecule has 0 aliphatic rings. The monoisotopic (exact) mass is 353 g/mol. The van der Waals surface area contributed by atoms with Gasteiger partial charge in [-0.25, -0.2) is 4.99 Å². The zero-order chi connectivity index (χ0) is 11.3. The minimum Gasteiger partial charge on any atom is -0.370 e. The smallest absolute Gasteiger partial charge is 0.218 e. The van der Waals surface area contributed by atoms with E-state index in [0.29, 0.717) is 6.54 Å². The lowest BCUT2D eigenvalue weighted by molar-refractivity contribution is 1.04. The van der Waals surface area contributed by atoms with Crippen LogP contribution < -0.4 is 17.2 Å². The zero-order valence-electron chi connectivity index (χ0n) is 8.43. The van der Waals surface area contributed by atoms with Crippen LogP contribution in [0.2, 0.25) is 0 Å². The van der Waals surface area contributed by atoms with E-state index in [4.69, 9.17) is 17.2 Å². The molecule has 7 heteroatoms. The number of hydrogen-bond acceptors (Lipinski definition) is 1. The summed E-state index contributed by atoms with van der Waals surface area (Å²) in [5.74, 6) is 0.00802. The lowest BCUT2D eigenvalue weighted by Crippen LogP contribution is -2.26. The maximum atomic E-state index is 5.47. The molecule has 0 heterocycles. The normalized spacial score (nSPS) is 10.4. The number of nitrogens with zero attached hydrogens (tertiary/aromatic N) is 2. The van der Waals surface area contributed by atoms with Crippen molar-refractivity contribution >= 4 is 46.9 Å². The molecule has 0 unspecified atom stereocenters. The van der Waals surface area contributed by atoms with Gasteiger partial charge in [0.25, 0.3) is 0 Å². The highest BCUT2D eigenvalue weighted by Crippen LogP contribution is 2.12. The maximum Gasteiger partial charge on any atom is 0.218 e. The Morgan fingerprint density at radius 1 is 1.19 bits per heavy atom. The van der Waals surface area contributed by atoms with Crippen LogP contribution in [0.25, 0.3) is 0 Å². The summed E-state index contributed by atoms with van der Waals surface area (Å²) >= 11 is 2.24. The minimum atomic E-state index is -0.0843. The van der Waals surface area contributed by atoms with Crippen LogP contribution in [-0.2, 0) is 6.54 Å². The first-order valence-corrected chi connectivity index (χ1v) is 5.30. The number of benzene rings is 1. The van der Waals surface area contributed by atoms with E-state index in [-0.39, 0.29) is 24.3 Å². The van der Waals surface area contributed by atoms with E-state index in [1.54, 1.807) is 0 Å². The van der Waals surface area contributed by atoms with Crippen molar-refractivity contribution in [2.24, 2.45) is 27.2 Å². The molecule has 1 rings (SSSR count). The van der Waals surface area contributed by atoms with E-state index in [0.717, 1.165) is 9.13 Å². The molecule has 0 radical (unpaired) electrons. The molecule has 88 valence electrons. The molecular weight excluding hydrogens is 340 g/mol. The number of rotatable bonds is 2. The van der Waals surface area contributed by atoms with E-state index < -0.39 is 0 Å². The Kier molecular flexibility index (Phi) is 6.82. The zero-order valence-corrected chi connectivity index (χ0v) is 11.4. The Balaban J connectivity index is 0.00000225. The molecule has 0 bridgehead atoms. The Bertz CT molecular complexity index is 401. The highest BCUT2D eigenvalue weighted by Gasteiger charge is 1.96. The van der Waals surface area contributed by atoms with Crippen LogP contribution >= 0.6 is 35.0 Å². The molecule has 0 atom stereocenters. The number of nitrogens with two attached hydrogens (primary N) is 3. The summed E-state index contributed by atoms with van der Waals surface area (Å²) in [5, 5.41) is 0. The van der Waals surface area contributed by atoms with Crippen LogP contribution in [0, 0.1) is 3.57 Å². The van der Waals surface area contributed by atoms with Crippen LogP contribution in [0.1, 0.15) is 5.56 Å². The van der Waals surface area contributed by atoms with Crippen molar-refractivity contribution in [3.8, 4) is 0 Å². The molecule has 0 aliphatic carbocycles. The largest absolute Gasteiger partial charge is 0.370 e. The second kappa shape index (κ2) is 7.29. The maximum absolute atomic E-state index is 5.47. The fraction of sp³-hybridized carbons (Fsp3) is 0.111. The summed E-state index contributed by atoms with van der Waals surface area (Å²) in [4.78, 5) is 7.66. The third-order valence-electron chi connectivity index (χ3n) is 1.61. The van der Waals surface area contributed by atoms with Gasteiger partial charge in [0.2, 0.25) is 5.96 Å². The number of hydrogen-bond donors (Lipinski definition) is 3. The van der Waals surface area contributed by atoms with E-state index in [2.05, 4.69) is 32.6 Å². The summed E-state index contributed by atoms with van der Waals surface area (Å²) < 4.78 is 1.14. The van der Waals surface area contributed by atoms with E-state index >= 15 is 0 Å². The quantitative estimate of drug-likeness (QED) is 0.416. The molecule has 0 aromatic heterocycles. The molecule has 1 aromatic rings. The van der Waals surface area contributed by atoms with Gasteiger partial charge in [0, 0.05) is 3.57 Å². The average Bonchev–Trinajstić information content (AvgIpc) is 2.15. The van der Waals surface area contributed by atoms with Crippen molar-refractivity contribution in [1.82, 2.24) is 0 Å². The minimum absolute atomic E-state index is 0. The first kappa shape index (κ1) is 15.0. The van der Waals surface area contributed by atoms with Gasteiger partial charge in [-0.3, -0.25) is 0 Å². The van der Waals surface area contributed by atoms with Crippen molar-refractivity contribution in [3.63, 3.8) is 0 Å². The van der Waals surface area contributed by atoms with Crippen LogP contribution in [0.3, 0.4) is 0 Å². The molecule has 16 heavy (non-hydrogen) atoms. The molecule has 0 saturated carbocycles. The SMILES string of the molecule is Cl.NC(N)=NC(N)=NCc1ccccc1I. The van der Waals surface area contributed by atoms with Gasteiger partial charge in [0.05, 0.1) is 6.54 Å². The second-order valence-electron chi connectivity index (χ2n) is 2.80. The lowest BCUT2D eigenvalue weighted by Gasteiger charge is -2.00. The highest BCUT2D eigenvalue weighted by atomic mass is 127. The van der Waals surface area contributed by atoms with Gasteiger partial charge in [-0.2, -0.15) is 4.99 Å². The third kappa shape index (κ3) is 5.17. The number of aliphatic imine (C=N–C) groups is 2. The second-order valence-corrected chi connectivity index (χ2v) is 3.96. The van der Waals surface area contributed by atoms with Crippen molar-refractivity contribution in [3.05, 3.63) is 33.4 Å². The predicted octanol–water partition coefficient (Wildman–Crippen LogP) is 0.801. The van der Waals surface area contributed by atoms with Crippen LogP contribution in [0.5, 0.6) is 0 Å². The summed E-state index contributed by atoms with van der Waals surface area (Å²) in [6.07, 6.45) is 0. The van der Waals surface area contributed by atoms with Crippen molar-refractivity contribution in [1.29, 1.82) is 0 Å². The standard InChI is InChI=1S/C9H12IN5.ClH/c10-7-4-2-1-3-6(7)5-14-9(13)15-8(11)12;/h1-4H,5H2,(H6,11,12,13,14,15);1H. The fourth-order valence-corrected chi connectivity index (χ4v) is 1.52. The van der Waals surface area contributed by atoms with E-state index in [9.17, 15) is 0 Å². The molecule has 0 spiro atoms. The Hall–Kier alpha value is -1.02. The van der Waals surface area contributed by atoms with Crippen LogP contribution in [0.15, 0.2) is 34.3 Å². The van der Waals surface area contributed by atoms with Gasteiger partial charge in [-0.15, -0.1) is 12.4 Å². The lowest BCUT2D eigenvalue weighted by atomic mass is 10.2. The van der Waals surface area contributed by atoms with Gasteiger partial charge < -0.3 is 17.2 Å². The molecule has 0 aliphatic heterocycles. The van der Waals surface area contributed by atoms with Gasteiger partial charge >= 0.3 is 0 Å². The molecule has 1 aromatic carbocycles. The van der Waals surface area contributed by atoms with Gasteiger partial charge in [-0.05, 0) is 34.2 Å². The fourth-order valence-electron chi connectivity index (χ4n) is 0.960. The molecule has 0 saturated heterocycles. The first-order chi connectivity index (χ1) is 7.09. The summed E-state index contributed by atoms with van der Waals surface area (Å²) in [6.45, 7) is 0.474. The summed E-state index contributed by atoms with van der Waals surface area (Å²) in [5.41, 5.74) is 16.9. The molecule has 0 fully saturated rings. The van der Waals surface area contributed by atoms with Gasteiger partial charge in [-0.1, -0.05) is 18.2 Å². The molecule has 0 amide bonds. The van der Waals surface area contributed by atoms with Crippen molar-refractivity contribution in [2.75, 3.05) is 0 Å². The van der Waals surface area contributed by atoms with Crippen LogP contribution in [0.4, 0.5) is 0 Å². The van der Waals surface area contributed by atoms with Crippen molar-refractivity contribution in [2.45, 2.75) is 6.54 Å². The topological polar surface area (TPSA) is 103 Å². The molecule has 6 N–H and O–H groups in total. The Morgan fingerprint density at radius 3 is 2.38 bits per heavy atom. The average molecular weight is 354 g/mol. The number of halogens is 2. The van der Waals surface area contributed by atoms with Crippen LogP contribution in [-0.4, -0.2) is 11.9 Å². The van der Waals surface area contributed by atoms with Gasteiger partial charge in [0.1, 0.15) is 0 Å². The predicted molar refractivity (Wildman–Crippen MR) is 77.5 cm³/mol. The summed E-state index contributed by atoms with van der Waals surface area (Å²) in [6, 6.07) is 7.90. The number of guanidine groups is 2. The van der Waals surface area contributed by atoms with E-state index in [1.165, 1.54) is 0 Å². The highest BCUT2D eigenvalue weighted by molar-refractivity contribution is 14.1.